The molecule has 1 aromatic heterocycles. The van der Waals surface area contributed by atoms with Gasteiger partial charge in [-0.15, -0.1) is 0 Å². The molecular weight excluding hydrogens is 248 g/mol. The van der Waals surface area contributed by atoms with Gasteiger partial charge in [0.2, 0.25) is 0 Å². The van der Waals surface area contributed by atoms with E-state index in [-0.39, 0.29) is 11.5 Å². The molecule has 1 aliphatic carbocycles. The van der Waals surface area contributed by atoms with Gasteiger partial charge in [0.1, 0.15) is 0 Å². The Hall–Kier alpha value is -0.870. The van der Waals surface area contributed by atoms with Crippen LogP contribution in [0.1, 0.15) is 63.8 Å². The second kappa shape index (κ2) is 6.27. The summed E-state index contributed by atoms with van der Waals surface area (Å²) in [5.41, 5.74) is 8.45. The van der Waals surface area contributed by atoms with E-state index in [0.29, 0.717) is 6.54 Å². The maximum Gasteiger partial charge on any atom is 0.0726 e. The van der Waals surface area contributed by atoms with Crippen LogP contribution in [0.3, 0.4) is 0 Å². The molecule has 0 aliphatic heterocycles. The maximum absolute atomic E-state index is 5.98. The Labute approximate surface area is 123 Å². The van der Waals surface area contributed by atoms with E-state index in [1.54, 1.807) is 0 Å². The van der Waals surface area contributed by atoms with Gasteiger partial charge in [0.15, 0.2) is 0 Å². The van der Waals surface area contributed by atoms with Gasteiger partial charge in [-0.2, -0.15) is 5.10 Å². The second-order valence-electron chi connectivity index (χ2n) is 7.18. The molecule has 1 fully saturated rings. The van der Waals surface area contributed by atoms with Gasteiger partial charge in [-0.3, -0.25) is 4.68 Å². The van der Waals surface area contributed by atoms with Gasteiger partial charge in [-0.1, -0.05) is 33.6 Å². The lowest BCUT2D eigenvalue weighted by Gasteiger charge is -2.22. The lowest BCUT2D eigenvalue weighted by Crippen LogP contribution is -2.31. The molecule has 2 rings (SSSR count). The van der Waals surface area contributed by atoms with Crippen LogP contribution in [0.5, 0.6) is 0 Å². The van der Waals surface area contributed by atoms with Crippen LogP contribution in [-0.4, -0.2) is 22.9 Å². The Kier molecular flexibility index (Phi) is 4.86. The number of nitrogens with zero attached hydrogens (tertiary/aromatic N) is 2. The van der Waals surface area contributed by atoms with E-state index in [2.05, 4.69) is 37.4 Å². The van der Waals surface area contributed by atoms with Crippen molar-refractivity contribution in [3.8, 4) is 0 Å². The van der Waals surface area contributed by atoms with Gasteiger partial charge in [0, 0.05) is 36.8 Å². The SMILES string of the molecule is Cn1cc(C(CN)NCCCC2CC2)c(C(C)(C)C)n1. The third-order valence-electron chi connectivity index (χ3n) is 4.06. The fraction of sp³-hybridized carbons (Fsp3) is 0.812. The predicted octanol–water partition coefficient (Wildman–Crippen LogP) is 2.50. The van der Waals surface area contributed by atoms with Crippen molar-refractivity contribution in [2.75, 3.05) is 13.1 Å². The van der Waals surface area contributed by atoms with E-state index in [4.69, 9.17) is 5.73 Å². The summed E-state index contributed by atoms with van der Waals surface area (Å²) in [6, 6.07) is 0.220. The van der Waals surface area contributed by atoms with Gasteiger partial charge in [-0.05, 0) is 25.3 Å². The number of nitrogens with two attached hydrogens (primary N) is 1. The summed E-state index contributed by atoms with van der Waals surface area (Å²) in [5.74, 6) is 1.01. The largest absolute Gasteiger partial charge is 0.329 e. The monoisotopic (exact) mass is 278 g/mol. The fourth-order valence-corrected chi connectivity index (χ4v) is 2.74. The number of aromatic nitrogens is 2. The Morgan fingerprint density at radius 1 is 1.45 bits per heavy atom. The molecule has 4 heteroatoms. The Bertz CT molecular complexity index is 426. The number of hydrogen-bond acceptors (Lipinski definition) is 3. The lowest BCUT2D eigenvalue weighted by molar-refractivity contribution is 0.491. The fourth-order valence-electron chi connectivity index (χ4n) is 2.74. The van der Waals surface area contributed by atoms with Crippen molar-refractivity contribution in [3.63, 3.8) is 0 Å². The van der Waals surface area contributed by atoms with E-state index in [1.807, 2.05) is 11.7 Å². The van der Waals surface area contributed by atoms with E-state index in [1.165, 1.54) is 31.2 Å². The average molecular weight is 278 g/mol. The number of aryl methyl sites for hydroxylation is 1. The number of rotatable bonds is 7. The first-order valence-corrected chi connectivity index (χ1v) is 7.89. The third kappa shape index (κ3) is 4.06. The second-order valence-corrected chi connectivity index (χ2v) is 7.18. The van der Waals surface area contributed by atoms with E-state index >= 15 is 0 Å². The summed E-state index contributed by atoms with van der Waals surface area (Å²) in [5, 5.41) is 8.25. The van der Waals surface area contributed by atoms with Crippen molar-refractivity contribution in [3.05, 3.63) is 17.5 Å². The molecule has 0 saturated heterocycles. The molecule has 4 nitrogen and oxygen atoms in total. The average Bonchev–Trinajstić information content (AvgIpc) is 3.10. The van der Waals surface area contributed by atoms with Gasteiger partial charge in [-0.25, -0.2) is 0 Å². The molecule has 1 heterocycles. The minimum atomic E-state index is 0.0553. The normalized spacial score (nSPS) is 17.4. The van der Waals surface area contributed by atoms with Crippen LogP contribution in [0, 0.1) is 5.92 Å². The molecular formula is C16H30N4. The smallest absolute Gasteiger partial charge is 0.0726 e. The van der Waals surface area contributed by atoms with E-state index in [9.17, 15) is 0 Å². The molecule has 1 aromatic rings. The highest BCUT2D eigenvalue weighted by Gasteiger charge is 2.26. The minimum Gasteiger partial charge on any atom is -0.329 e. The molecule has 0 aromatic carbocycles. The van der Waals surface area contributed by atoms with Crippen LogP contribution in [-0.2, 0) is 12.5 Å². The summed E-state index contributed by atoms with van der Waals surface area (Å²) < 4.78 is 1.91. The van der Waals surface area contributed by atoms with Crippen molar-refractivity contribution in [1.82, 2.24) is 15.1 Å². The quantitative estimate of drug-likeness (QED) is 0.753. The number of hydrogen-bond donors (Lipinski definition) is 2. The maximum atomic E-state index is 5.98. The predicted molar refractivity (Wildman–Crippen MR) is 83.7 cm³/mol. The van der Waals surface area contributed by atoms with Gasteiger partial charge in [0.05, 0.1) is 5.69 Å². The Balaban J connectivity index is 1.98. The highest BCUT2D eigenvalue weighted by Crippen LogP contribution is 2.33. The highest BCUT2D eigenvalue weighted by atomic mass is 15.3. The Morgan fingerprint density at radius 2 is 2.15 bits per heavy atom. The van der Waals surface area contributed by atoms with Gasteiger partial charge < -0.3 is 11.1 Å². The van der Waals surface area contributed by atoms with Crippen molar-refractivity contribution < 1.29 is 0 Å². The first kappa shape index (κ1) is 15.5. The van der Waals surface area contributed by atoms with Crippen molar-refractivity contribution >= 4 is 0 Å². The van der Waals surface area contributed by atoms with Crippen molar-refractivity contribution in [2.24, 2.45) is 18.7 Å². The van der Waals surface area contributed by atoms with Crippen LogP contribution in [0.4, 0.5) is 0 Å². The molecule has 114 valence electrons. The molecule has 0 radical (unpaired) electrons. The molecule has 1 aliphatic rings. The first-order valence-electron chi connectivity index (χ1n) is 7.89. The summed E-state index contributed by atoms with van der Waals surface area (Å²) in [4.78, 5) is 0. The molecule has 1 unspecified atom stereocenters. The lowest BCUT2D eigenvalue weighted by atomic mass is 9.87. The van der Waals surface area contributed by atoms with Crippen LogP contribution >= 0.6 is 0 Å². The molecule has 3 N–H and O–H groups in total. The summed E-state index contributed by atoms with van der Waals surface area (Å²) in [6.07, 6.45) is 7.62. The number of nitrogens with one attached hydrogen (secondary N) is 1. The topological polar surface area (TPSA) is 55.9 Å². The summed E-state index contributed by atoms with van der Waals surface area (Å²) >= 11 is 0. The zero-order valence-electron chi connectivity index (χ0n) is 13.4. The molecule has 1 saturated carbocycles. The van der Waals surface area contributed by atoms with Gasteiger partial charge >= 0.3 is 0 Å². The van der Waals surface area contributed by atoms with Gasteiger partial charge in [0.25, 0.3) is 0 Å². The summed E-state index contributed by atoms with van der Waals surface area (Å²) in [7, 11) is 1.99. The van der Waals surface area contributed by atoms with E-state index in [0.717, 1.165) is 18.2 Å². The standard InChI is InChI=1S/C16H30N4/c1-16(2,3)15-13(11-20(4)19-15)14(10-17)18-9-5-6-12-7-8-12/h11-12,14,18H,5-10,17H2,1-4H3. The first-order chi connectivity index (χ1) is 9.41. The molecule has 0 bridgehead atoms. The summed E-state index contributed by atoms with van der Waals surface area (Å²) in [6.45, 7) is 8.30. The molecule has 1 atom stereocenters. The minimum absolute atomic E-state index is 0.0553. The van der Waals surface area contributed by atoms with Crippen molar-refractivity contribution in [2.45, 2.75) is 57.9 Å². The zero-order chi connectivity index (χ0) is 14.8. The Morgan fingerprint density at radius 3 is 2.70 bits per heavy atom. The molecule has 0 spiro atoms. The third-order valence-corrected chi connectivity index (χ3v) is 4.06. The van der Waals surface area contributed by atoms with Crippen LogP contribution in [0.15, 0.2) is 6.20 Å². The molecule has 0 amide bonds. The van der Waals surface area contributed by atoms with Crippen LogP contribution in [0.2, 0.25) is 0 Å². The zero-order valence-corrected chi connectivity index (χ0v) is 13.4. The van der Waals surface area contributed by atoms with Crippen LogP contribution in [0.25, 0.3) is 0 Å². The van der Waals surface area contributed by atoms with Crippen molar-refractivity contribution in [1.29, 1.82) is 0 Å². The highest BCUT2D eigenvalue weighted by molar-refractivity contribution is 5.27. The van der Waals surface area contributed by atoms with Crippen LogP contribution < -0.4 is 11.1 Å². The molecule has 20 heavy (non-hydrogen) atoms. The van der Waals surface area contributed by atoms with E-state index < -0.39 is 0 Å².